The first-order chi connectivity index (χ1) is 15.9. The van der Waals surface area contributed by atoms with Crippen LogP contribution in [-0.4, -0.2) is 48.2 Å². The maximum Gasteiger partial charge on any atom is 0.252 e. The van der Waals surface area contributed by atoms with Gasteiger partial charge in [0, 0.05) is 43.6 Å². The molecule has 1 aromatic carbocycles. The lowest BCUT2D eigenvalue weighted by molar-refractivity contribution is 0.0940. The SMILES string of the molecule is CCc1cnc(N2CCC(CCCOc3cc(C)c(C(=O)N[C@H](C)CN)c(C)c3)CC2)nc1. The molecule has 0 spiro atoms. The number of amides is 1. The average molecular weight is 454 g/mol. The van der Waals surface area contributed by atoms with Crippen LogP contribution in [0.15, 0.2) is 24.5 Å². The summed E-state index contributed by atoms with van der Waals surface area (Å²) in [6, 6.07) is 3.86. The molecule has 0 aliphatic carbocycles. The van der Waals surface area contributed by atoms with E-state index in [1.54, 1.807) is 0 Å². The molecule has 2 aromatic rings. The molecular weight excluding hydrogens is 414 g/mol. The van der Waals surface area contributed by atoms with Gasteiger partial charge in [0.2, 0.25) is 5.95 Å². The number of piperidine rings is 1. The van der Waals surface area contributed by atoms with Gasteiger partial charge in [-0.15, -0.1) is 0 Å². The molecule has 1 aliphatic heterocycles. The lowest BCUT2D eigenvalue weighted by Gasteiger charge is -2.32. The Morgan fingerprint density at radius 2 is 1.85 bits per heavy atom. The van der Waals surface area contributed by atoms with Crippen molar-refractivity contribution in [1.82, 2.24) is 15.3 Å². The predicted molar refractivity (Wildman–Crippen MR) is 133 cm³/mol. The van der Waals surface area contributed by atoms with Crippen LogP contribution in [0.3, 0.4) is 0 Å². The molecule has 3 rings (SSSR count). The fraction of sp³-hybridized carbons (Fsp3) is 0.577. The number of hydrogen-bond acceptors (Lipinski definition) is 6. The van der Waals surface area contributed by atoms with Gasteiger partial charge in [0.15, 0.2) is 0 Å². The van der Waals surface area contributed by atoms with E-state index in [9.17, 15) is 4.79 Å². The summed E-state index contributed by atoms with van der Waals surface area (Å²) in [5.41, 5.74) is 9.36. The Kier molecular flexibility index (Phi) is 9.06. The monoisotopic (exact) mass is 453 g/mol. The Hall–Kier alpha value is -2.67. The van der Waals surface area contributed by atoms with Crippen molar-refractivity contribution in [3.63, 3.8) is 0 Å². The number of nitrogens with two attached hydrogens (primary N) is 1. The van der Waals surface area contributed by atoms with E-state index in [2.05, 4.69) is 27.1 Å². The largest absolute Gasteiger partial charge is 0.494 e. The van der Waals surface area contributed by atoms with Gasteiger partial charge in [0.1, 0.15) is 5.75 Å². The molecule has 1 saturated heterocycles. The number of nitrogens with zero attached hydrogens (tertiary/aromatic N) is 3. The van der Waals surface area contributed by atoms with Gasteiger partial charge in [-0.1, -0.05) is 6.92 Å². The number of aromatic nitrogens is 2. The van der Waals surface area contributed by atoms with Crippen molar-refractivity contribution >= 4 is 11.9 Å². The van der Waals surface area contributed by atoms with Crippen molar-refractivity contribution < 1.29 is 9.53 Å². The van der Waals surface area contributed by atoms with Crippen LogP contribution in [0.1, 0.15) is 66.6 Å². The summed E-state index contributed by atoms with van der Waals surface area (Å²) in [6.45, 7) is 11.1. The van der Waals surface area contributed by atoms with Crippen molar-refractivity contribution in [3.05, 3.63) is 46.8 Å². The van der Waals surface area contributed by atoms with E-state index in [1.165, 1.54) is 24.8 Å². The quantitative estimate of drug-likeness (QED) is 0.532. The minimum absolute atomic E-state index is 0.0479. The molecule has 0 saturated carbocycles. The van der Waals surface area contributed by atoms with Crippen LogP contribution in [0.2, 0.25) is 0 Å². The van der Waals surface area contributed by atoms with Crippen molar-refractivity contribution in [2.45, 2.75) is 65.8 Å². The van der Waals surface area contributed by atoms with Crippen molar-refractivity contribution in [2.75, 3.05) is 31.1 Å². The van der Waals surface area contributed by atoms with E-state index in [-0.39, 0.29) is 11.9 Å². The molecule has 1 aromatic heterocycles. The molecule has 1 fully saturated rings. The van der Waals surface area contributed by atoms with E-state index in [0.717, 1.165) is 54.7 Å². The van der Waals surface area contributed by atoms with Gasteiger partial charge in [0.25, 0.3) is 5.91 Å². The van der Waals surface area contributed by atoms with Gasteiger partial charge in [0.05, 0.1) is 6.61 Å². The molecule has 0 unspecified atom stereocenters. The van der Waals surface area contributed by atoms with E-state index >= 15 is 0 Å². The minimum Gasteiger partial charge on any atom is -0.494 e. The Bertz CT molecular complexity index is 884. The lowest BCUT2D eigenvalue weighted by atomic mass is 9.92. The summed E-state index contributed by atoms with van der Waals surface area (Å²) < 4.78 is 6.03. The highest BCUT2D eigenvalue weighted by molar-refractivity contribution is 5.97. The van der Waals surface area contributed by atoms with Crippen molar-refractivity contribution in [2.24, 2.45) is 11.7 Å². The number of hydrogen-bond donors (Lipinski definition) is 2. The number of rotatable bonds is 10. The van der Waals surface area contributed by atoms with Crippen LogP contribution >= 0.6 is 0 Å². The second-order valence-electron chi connectivity index (χ2n) is 9.21. The standard InChI is InChI=1S/C26H39N5O2/c1-5-21-16-28-26(29-17-21)31-10-8-22(9-11-31)7-6-12-33-23-13-18(2)24(19(3)14-23)25(32)30-20(4)15-27/h13-14,16-17,20,22H,5-12,15,27H2,1-4H3,(H,30,32)/t20-/m1/s1. The van der Waals surface area contributed by atoms with Gasteiger partial charge in [-0.05, 0) is 87.6 Å². The van der Waals surface area contributed by atoms with Gasteiger partial charge in [-0.25, -0.2) is 9.97 Å². The Balaban J connectivity index is 1.41. The molecule has 33 heavy (non-hydrogen) atoms. The zero-order chi connectivity index (χ0) is 23.8. The summed E-state index contributed by atoms with van der Waals surface area (Å²) in [6.07, 6.45) is 9.38. The van der Waals surface area contributed by atoms with E-state index in [4.69, 9.17) is 10.5 Å². The van der Waals surface area contributed by atoms with Gasteiger partial charge in [-0.2, -0.15) is 0 Å². The number of aryl methyl sites for hydroxylation is 3. The second kappa shape index (κ2) is 12.0. The zero-order valence-electron chi connectivity index (χ0n) is 20.6. The third-order valence-electron chi connectivity index (χ3n) is 6.49. The first-order valence-corrected chi connectivity index (χ1v) is 12.2. The van der Waals surface area contributed by atoms with E-state index in [1.807, 2.05) is 45.3 Å². The zero-order valence-corrected chi connectivity index (χ0v) is 20.6. The minimum atomic E-state index is -0.0763. The Morgan fingerprint density at radius 3 is 2.42 bits per heavy atom. The summed E-state index contributed by atoms with van der Waals surface area (Å²) in [5, 5.41) is 2.94. The molecule has 1 amide bonds. The number of carbonyl (C=O) groups is 1. The maximum atomic E-state index is 12.5. The van der Waals surface area contributed by atoms with Crippen molar-refractivity contribution in [3.8, 4) is 5.75 Å². The van der Waals surface area contributed by atoms with Crippen LogP contribution in [0.4, 0.5) is 5.95 Å². The fourth-order valence-electron chi connectivity index (χ4n) is 4.40. The number of ether oxygens (including phenoxy) is 1. The highest BCUT2D eigenvalue weighted by atomic mass is 16.5. The van der Waals surface area contributed by atoms with Crippen molar-refractivity contribution in [1.29, 1.82) is 0 Å². The molecule has 0 radical (unpaired) electrons. The first kappa shape index (κ1) is 25.0. The summed E-state index contributed by atoms with van der Waals surface area (Å²) >= 11 is 0. The van der Waals surface area contributed by atoms with Gasteiger partial charge >= 0.3 is 0 Å². The normalized spacial score (nSPS) is 15.4. The third kappa shape index (κ3) is 6.90. The second-order valence-corrected chi connectivity index (χ2v) is 9.21. The number of carbonyl (C=O) groups excluding carboxylic acids is 1. The molecule has 2 heterocycles. The maximum absolute atomic E-state index is 12.5. The number of anilines is 1. The smallest absolute Gasteiger partial charge is 0.252 e. The summed E-state index contributed by atoms with van der Waals surface area (Å²) in [4.78, 5) is 23.9. The number of nitrogens with one attached hydrogen (secondary N) is 1. The van der Waals surface area contributed by atoms with Gasteiger partial charge in [-0.3, -0.25) is 4.79 Å². The van der Waals surface area contributed by atoms with Crippen LogP contribution in [0.5, 0.6) is 5.75 Å². The predicted octanol–water partition coefficient (Wildman–Crippen LogP) is 3.81. The molecule has 1 atom stereocenters. The van der Waals surface area contributed by atoms with Crippen LogP contribution in [0, 0.1) is 19.8 Å². The van der Waals surface area contributed by atoms with Crippen LogP contribution in [0.25, 0.3) is 0 Å². The molecule has 7 nitrogen and oxygen atoms in total. The molecule has 180 valence electrons. The summed E-state index contributed by atoms with van der Waals surface area (Å²) in [7, 11) is 0. The molecule has 0 bridgehead atoms. The Morgan fingerprint density at radius 1 is 1.21 bits per heavy atom. The third-order valence-corrected chi connectivity index (χ3v) is 6.49. The summed E-state index contributed by atoms with van der Waals surface area (Å²) in [5.74, 6) is 2.33. The molecule has 3 N–H and O–H groups in total. The first-order valence-electron chi connectivity index (χ1n) is 12.2. The van der Waals surface area contributed by atoms with E-state index < -0.39 is 0 Å². The van der Waals surface area contributed by atoms with Crippen LogP contribution < -0.4 is 20.7 Å². The topological polar surface area (TPSA) is 93.4 Å². The van der Waals surface area contributed by atoms with E-state index in [0.29, 0.717) is 18.7 Å². The number of benzene rings is 1. The lowest BCUT2D eigenvalue weighted by Crippen LogP contribution is -2.38. The molecular formula is C26H39N5O2. The highest BCUT2D eigenvalue weighted by Crippen LogP contribution is 2.25. The molecule has 7 heteroatoms. The Labute approximate surface area is 198 Å². The molecule has 1 aliphatic rings. The van der Waals surface area contributed by atoms with Crippen LogP contribution in [-0.2, 0) is 6.42 Å². The average Bonchev–Trinajstić information content (AvgIpc) is 2.82. The fourth-order valence-corrected chi connectivity index (χ4v) is 4.40. The van der Waals surface area contributed by atoms with Gasteiger partial charge < -0.3 is 20.7 Å². The highest BCUT2D eigenvalue weighted by Gasteiger charge is 2.21.